The highest BCUT2D eigenvalue weighted by molar-refractivity contribution is 5.70. The van der Waals surface area contributed by atoms with Gasteiger partial charge in [-0.2, -0.15) is 0 Å². The molecule has 18 heavy (non-hydrogen) atoms. The minimum atomic E-state index is -0.671. The first-order chi connectivity index (χ1) is 8.70. The molecule has 0 saturated heterocycles. The van der Waals surface area contributed by atoms with Gasteiger partial charge in [0.15, 0.2) is 0 Å². The summed E-state index contributed by atoms with van der Waals surface area (Å²) in [6.45, 7) is 3.48. The molecule has 0 atom stereocenters. The van der Waals surface area contributed by atoms with E-state index in [1.807, 2.05) is 6.20 Å². The smallest absolute Gasteiger partial charge is 0.306 e. The van der Waals surface area contributed by atoms with Gasteiger partial charge in [0, 0.05) is 18.9 Å². The number of aryl methyl sites for hydroxylation is 1. The largest absolute Gasteiger partial charge is 0.481 e. The molecule has 0 aliphatic heterocycles. The third-order valence-electron chi connectivity index (χ3n) is 3.61. The lowest BCUT2D eigenvalue weighted by molar-refractivity contribution is -0.143. The second kappa shape index (κ2) is 6.00. The Morgan fingerprint density at radius 2 is 2.22 bits per heavy atom. The maximum atomic E-state index is 10.8. The van der Waals surface area contributed by atoms with Crippen molar-refractivity contribution >= 4 is 5.97 Å². The lowest BCUT2D eigenvalue weighted by Crippen LogP contribution is -2.26. The molecule has 0 unspecified atom stereocenters. The zero-order valence-corrected chi connectivity index (χ0v) is 10.7. The van der Waals surface area contributed by atoms with Gasteiger partial charge in [0.2, 0.25) is 0 Å². The first-order valence-corrected chi connectivity index (χ1v) is 6.55. The van der Waals surface area contributed by atoms with Crippen molar-refractivity contribution in [2.45, 2.75) is 51.9 Å². The highest BCUT2D eigenvalue weighted by Gasteiger charge is 2.26. The Bertz CT molecular complexity index is 395. The van der Waals surface area contributed by atoms with E-state index in [2.05, 4.69) is 16.5 Å². The van der Waals surface area contributed by atoms with Crippen molar-refractivity contribution in [2.24, 2.45) is 5.92 Å². The number of rotatable bonds is 5. The van der Waals surface area contributed by atoms with E-state index in [4.69, 9.17) is 9.84 Å². The van der Waals surface area contributed by atoms with Crippen molar-refractivity contribution in [1.82, 2.24) is 9.55 Å². The Morgan fingerprint density at radius 3 is 2.83 bits per heavy atom. The van der Waals surface area contributed by atoms with E-state index >= 15 is 0 Å². The number of nitrogens with zero attached hydrogens (tertiary/aromatic N) is 2. The minimum absolute atomic E-state index is 0.178. The second-order valence-electron chi connectivity index (χ2n) is 4.75. The summed E-state index contributed by atoms with van der Waals surface area (Å²) < 4.78 is 7.88. The Balaban J connectivity index is 1.77. The Morgan fingerprint density at radius 1 is 1.50 bits per heavy atom. The van der Waals surface area contributed by atoms with Crippen LogP contribution in [-0.4, -0.2) is 26.7 Å². The number of aliphatic carboxylic acids is 1. The summed E-state index contributed by atoms with van der Waals surface area (Å²) in [5.41, 5.74) is 0. The molecule has 5 nitrogen and oxygen atoms in total. The van der Waals surface area contributed by atoms with Crippen LogP contribution >= 0.6 is 0 Å². The molecular formula is C13H20N2O3. The number of imidazole rings is 1. The van der Waals surface area contributed by atoms with Gasteiger partial charge in [-0.25, -0.2) is 4.98 Å². The SMILES string of the molecule is CCn1ccnc1COC1CCC(C(=O)O)CC1. The van der Waals surface area contributed by atoms with Crippen LogP contribution in [-0.2, 0) is 22.7 Å². The Hall–Kier alpha value is -1.36. The molecule has 1 saturated carbocycles. The van der Waals surface area contributed by atoms with Crippen molar-refractivity contribution in [3.8, 4) is 0 Å². The number of carboxylic acids is 1. The predicted molar refractivity (Wildman–Crippen MR) is 66.1 cm³/mol. The van der Waals surface area contributed by atoms with Crippen LogP contribution in [0.4, 0.5) is 0 Å². The lowest BCUT2D eigenvalue weighted by atomic mass is 9.87. The highest BCUT2D eigenvalue weighted by atomic mass is 16.5. The first kappa shape index (κ1) is 13.1. The highest BCUT2D eigenvalue weighted by Crippen LogP contribution is 2.26. The molecule has 2 rings (SSSR count). The average molecular weight is 252 g/mol. The third kappa shape index (κ3) is 3.10. The predicted octanol–water partition coefficient (Wildman–Crippen LogP) is 2.06. The fraction of sp³-hybridized carbons (Fsp3) is 0.692. The number of carboxylic acid groups (broad SMARTS) is 1. The van der Waals surface area contributed by atoms with Crippen LogP contribution in [0.5, 0.6) is 0 Å². The van der Waals surface area contributed by atoms with Gasteiger partial charge in [-0.15, -0.1) is 0 Å². The van der Waals surface area contributed by atoms with Gasteiger partial charge in [-0.1, -0.05) is 0 Å². The van der Waals surface area contributed by atoms with Crippen LogP contribution in [0.15, 0.2) is 12.4 Å². The number of ether oxygens (including phenoxy) is 1. The Kier molecular flexibility index (Phi) is 4.36. The van der Waals surface area contributed by atoms with E-state index in [0.29, 0.717) is 6.61 Å². The molecular weight excluding hydrogens is 232 g/mol. The summed E-state index contributed by atoms with van der Waals surface area (Å²) in [4.78, 5) is 15.1. The zero-order chi connectivity index (χ0) is 13.0. The van der Waals surface area contributed by atoms with Crippen LogP contribution in [0.1, 0.15) is 38.4 Å². The van der Waals surface area contributed by atoms with Crippen molar-refractivity contribution < 1.29 is 14.6 Å². The van der Waals surface area contributed by atoms with Crippen molar-refractivity contribution in [1.29, 1.82) is 0 Å². The second-order valence-corrected chi connectivity index (χ2v) is 4.75. The molecule has 100 valence electrons. The number of hydrogen-bond acceptors (Lipinski definition) is 3. The van der Waals surface area contributed by atoms with Gasteiger partial charge >= 0.3 is 5.97 Å². The maximum Gasteiger partial charge on any atom is 0.306 e. The molecule has 0 amide bonds. The molecule has 5 heteroatoms. The summed E-state index contributed by atoms with van der Waals surface area (Å²) in [6, 6.07) is 0. The molecule has 1 fully saturated rings. The first-order valence-electron chi connectivity index (χ1n) is 6.55. The molecule has 1 aliphatic rings. The molecule has 1 aromatic heterocycles. The van der Waals surface area contributed by atoms with Gasteiger partial charge in [0.25, 0.3) is 0 Å². The lowest BCUT2D eigenvalue weighted by Gasteiger charge is -2.26. The van der Waals surface area contributed by atoms with Gasteiger partial charge in [0.1, 0.15) is 12.4 Å². The van der Waals surface area contributed by atoms with Gasteiger partial charge in [-0.05, 0) is 32.6 Å². The summed E-state index contributed by atoms with van der Waals surface area (Å²) in [6.07, 6.45) is 7.03. The topological polar surface area (TPSA) is 64.4 Å². The van der Waals surface area contributed by atoms with Crippen LogP contribution in [0.3, 0.4) is 0 Å². The average Bonchev–Trinajstić information content (AvgIpc) is 2.84. The summed E-state index contributed by atoms with van der Waals surface area (Å²) in [7, 11) is 0. The number of aromatic nitrogens is 2. The van der Waals surface area contributed by atoms with Crippen LogP contribution in [0.25, 0.3) is 0 Å². The van der Waals surface area contributed by atoms with Crippen molar-refractivity contribution in [3.63, 3.8) is 0 Å². The summed E-state index contributed by atoms with van der Waals surface area (Å²) in [5, 5.41) is 8.92. The van der Waals surface area contributed by atoms with Gasteiger partial charge < -0.3 is 14.4 Å². The molecule has 0 aromatic carbocycles. The molecule has 1 aromatic rings. The van der Waals surface area contributed by atoms with E-state index in [1.165, 1.54) is 0 Å². The third-order valence-corrected chi connectivity index (χ3v) is 3.61. The van der Waals surface area contributed by atoms with E-state index in [9.17, 15) is 4.79 Å². The van der Waals surface area contributed by atoms with Crippen LogP contribution in [0, 0.1) is 5.92 Å². The standard InChI is InChI=1S/C13H20N2O3/c1-2-15-8-7-14-12(15)9-18-11-5-3-10(4-6-11)13(16)17/h7-8,10-11H,2-6,9H2,1H3,(H,16,17). The molecule has 1 heterocycles. The molecule has 0 bridgehead atoms. The van der Waals surface area contributed by atoms with Crippen molar-refractivity contribution in [2.75, 3.05) is 0 Å². The van der Waals surface area contributed by atoms with Crippen LogP contribution < -0.4 is 0 Å². The van der Waals surface area contributed by atoms with E-state index < -0.39 is 5.97 Å². The minimum Gasteiger partial charge on any atom is -0.481 e. The fourth-order valence-corrected chi connectivity index (χ4v) is 2.44. The van der Waals surface area contributed by atoms with E-state index in [1.54, 1.807) is 6.20 Å². The molecule has 0 radical (unpaired) electrons. The Labute approximate surface area is 107 Å². The number of carbonyl (C=O) groups is 1. The normalized spacial score (nSPS) is 24.1. The van der Waals surface area contributed by atoms with Gasteiger partial charge in [-0.3, -0.25) is 4.79 Å². The fourth-order valence-electron chi connectivity index (χ4n) is 2.44. The maximum absolute atomic E-state index is 10.8. The monoisotopic (exact) mass is 252 g/mol. The zero-order valence-electron chi connectivity index (χ0n) is 10.7. The quantitative estimate of drug-likeness (QED) is 0.871. The summed E-state index contributed by atoms with van der Waals surface area (Å²) in [5.74, 6) is 0.0929. The van der Waals surface area contributed by atoms with E-state index in [0.717, 1.165) is 38.1 Å². The molecule has 1 N–H and O–H groups in total. The number of hydrogen-bond donors (Lipinski definition) is 1. The van der Waals surface area contributed by atoms with Crippen molar-refractivity contribution in [3.05, 3.63) is 18.2 Å². The van der Waals surface area contributed by atoms with Crippen LogP contribution in [0.2, 0.25) is 0 Å². The molecule has 1 aliphatic carbocycles. The van der Waals surface area contributed by atoms with Gasteiger partial charge in [0.05, 0.1) is 12.0 Å². The van der Waals surface area contributed by atoms with E-state index in [-0.39, 0.29) is 12.0 Å². The molecule has 0 spiro atoms. The summed E-state index contributed by atoms with van der Waals surface area (Å²) >= 11 is 0.